The first-order valence-corrected chi connectivity index (χ1v) is 12.6. The zero-order valence-corrected chi connectivity index (χ0v) is 19.2. The van der Waals surface area contributed by atoms with Crippen molar-refractivity contribution in [2.45, 2.75) is 137 Å². The first-order valence-electron chi connectivity index (χ1n) is 12.6. The lowest BCUT2D eigenvalue weighted by molar-refractivity contribution is 0.256. The molecule has 0 aliphatic heterocycles. The molecule has 26 heavy (non-hydrogen) atoms. The van der Waals surface area contributed by atoms with E-state index in [2.05, 4.69) is 34.6 Å². The maximum Gasteiger partial charge on any atom is -0.0352 e. The summed E-state index contributed by atoms with van der Waals surface area (Å²) in [6, 6.07) is 0. The molecule has 1 rings (SSSR count). The van der Waals surface area contributed by atoms with Gasteiger partial charge in [0.15, 0.2) is 0 Å². The molecule has 0 amide bonds. The molecule has 1 aliphatic rings. The summed E-state index contributed by atoms with van der Waals surface area (Å²) in [5.74, 6) is 5.17. The molecule has 0 radical (unpaired) electrons. The Bertz CT molecular complexity index is 307. The summed E-state index contributed by atoms with van der Waals surface area (Å²) in [6.07, 6.45) is 23.5. The minimum atomic E-state index is 0.945. The third-order valence-corrected chi connectivity index (χ3v) is 7.36. The maximum absolute atomic E-state index is 2.58. The van der Waals surface area contributed by atoms with Gasteiger partial charge in [-0.3, -0.25) is 0 Å². The molecule has 0 bridgehead atoms. The van der Waals surface area contributed by atoms with Gasteiger partial charge in [0.2, 0.25) is 0 Å². The van der Waals surface area contributed by atoms with Crippen molar-refractivity contribution in [3.8, 4) is 0 Å². The zero-order chi connectivity index (χ0) is 19.2. The van der Waals surface area contributed by atoms with Crippen molar-refractivity contribution in [2.75, 3.05) is 0 Å². The van der Waals surface area contributed by atoms with Crippen molar-refractivity contribution in [2.24, 2.45) is 29.6 Å². The van der Waals surface area contributed by atoms with Crippen molar-refractivity contribution >= 4 is 0 Å². The van der Waals surface area contributed by atoms with Gasteiger partial charge in [0, 0.05) is 0 Å². The van der Waals surface area contributed by atoms with E-state index in [1.807, 2.05) is 0 Å². The maximum atomic E-state index is 2.58. The van der Waals surface area contributed by atoms with Crippen LogP contribution in [0.3, 0.4) is 0 Å². The van der Waals surface area contributed by atoms with Gasteiger partial charge in [-0.15, -0.1) is 0 Å². The van der Waals surface area contributed by atoms with Gasteiger partial charge in [-0.25, -0.2) is 0 Å². The van der Waals surface area contributed by atoms with E-state index < -0.39 is 0 Å². The van der Waals surface area contributed by atoms with Crippen LogP contribution < -0.4 is 0 Å². The zero-order valence-electron chi connectivity index (χ0n) is 19.2. The van der Waals surface area contributed by atoms with Crippen molar-refractivity contribution in [3.05, 3.63) is 0 Å². The fourth-order valence-electron chi connectivity index (χ4n) is 5.12. The predicted octanol–water partition coefficient (Wildman–Crippen LogP) is 9.42. The second kappa shape index (κ2) is 15.0. The molecule has 0 nitrogen and oxygen atoms in total. The monoisotopic (exact) mass is 364 g/mol. The smallest absolute Gasteiger partial charge is 0.0352 e. The molecule has 0 aromatic heterocycles. The molecule has 1 fully saturated rings. The molecule has 156 valence electrons. The van der Waals surface area contributed by atoms with Gasteiger partial charge in [-0.2, -0.15) is 0 Å². The SMILES string of the molecule is CCCCC(C(C)CCCCCCCCCC(C)CC)C1CC1CCC. The highest BCUT2D eigenvalue weighted by molar-refractivity contribution is 4.92. The average Bonchev–Trinajstić information content (AvgIpc) is 3.39. The van der Waals surface area contributed by atoms with E-state index in [4.69, 9.17) is 0 Å². The van der Waals surface area contributed by atoms with Crippen LogP contribution in [0.25, 0.3) is 0 Å². The Hall–Kier alpha value is 0. The Kier molecular flexibility index (Phi) is 13.9. The second-order valence-electron chi connectivity index (χ2n) is 9.80. The lowest BCUT2D eigenvalue weighted by Crippen LogP contribution is -2.15. The molecule has 0 aromatic carbocycles. The first kappa shape index (κ1) is 24.0. The minimum Gasteiger partial charge on any atom is -0.0654 e. The van der Waals surface area contributed by atoms with Crippen LogP contribution in [-0.2, 0) is 0 Å². The van der Waals surface area contributed by atoms with E-state index in [0.29, 0.717) is 0 Å². The van der Waals surface area contributed by atoms with Crippen molar-refractivity contribution in [3.63, 3.8) is 0 Å². The van der Waals surface area contributed by atoms with Gasteiger partial charge in [-0.1, -0.05) is 125 Å². The average molecular weight is 365 g/mol. The van der Waals surface area contributed by atoms with Crippen LogP contribution in [0.15, 0.2) is 0 Å². The number of hydrogen-bond donors (Lipinski definition) is 0. The third-order valence-electron chi connectivity index (χ3n) is 7.36. The quantitative estimate of drug-likeness (QED) is 0.212. The van der Waals surface area contributed by atoms with Crippen LogP contribution in [0.1, 0.15) is 137 Å². The highest BCUT2D eigenvalue weighted by Gasteiger charge is 2.42. The summed E-state index contributed by atoms with van der Waals surface area (Å²) in [6.45, 7) is 12.0. The molecule has 0 heterocycles. The molecule has 0 heteroatoms. The summed E-state index contributed by atoms with van der Waals surface area (Å²) in [4.78, 5) is 0. The number of unbranched alkanes of at least 4 members (excludes halogenated alkanes) is 7. The van der Waals surface area contributed by atoms with Gasteiger partial charge in [0.05, 0.1) is 0 Å². The molecule has 1 aliphatic carbocycles. The molecule has 0 spiro atoms. The van der Waals surface area contributed by atoms with Gasteiger partial charge >= 0.3 is 0 Å². The number of rotatable bonds is 18. The largest absolute Gasteiger partial charge is 0.0654 e. The lowest BCUT2D eigenvalue weighted by Gasteiger charge is -2.25. The molecule has 5 unspecified atom stereocenters. The molecule has 0 aromatic rings. The Morgan fingerprint density at radius 1 is 0.692 bits per heavy atom. The topological polar surface area (TPSA) is 0 Å². The van der Waals surface area contributed by atoms with E-state index >= 15 is 0 Å². The van der Waals surface area contributed by atoms with Crippen LogP contribution >= 0.6 is 0 Å². The Morgan fingerprint density at radius 3 is 1.88 bits per heavy atom. The summed E-state index contributed by atoms with van der Waals surface area (Å²) in [7, 11) is 0. The summed E-state index contributed by atoms with van der Waals surface area (Å²) >= 11 is 0. The highest BCUT2D eigenvalue weighted by Crippen LogP contribution is 2.51. The summed E-state index contributed by atoms with van der Waals surface area (Å²) < 4.78 is 0. The lowest BCUT2D eigenvalue weighted by atomic mass is 9.81. The molecular formula is C26H52. The standard InChI is InChI=1S/C26H52/c1-6-9-20-25(26-21-24(26)17-7-2)23(5)19-16-14-12-10-11-13-15-18-22(4)8-3/h22-26H,6-21H2,1-5H3. The molecule has 1 saturated carbocycles. The Balaban J connectivity index is 2.06. The van der Waals surface area contributed by atoms with Crippen molar-refractivity contribution in [1.29, 1.82) is 0 Å². The molecular weight excluding hydrogens is 312 g/mol. The molecule has 0 N–H and O–H groups in total. The van der Waals surface area contributed by atoms with Crippen LogP contribution in [0.5, 0.6) is 0 Å². The fourth-order valence-corrected chi connectivity index (χ4v) is 5.12. The third kappa shape index (κ3) is 10.4. The second-order valence-corrected chi connectivity index (χ2v) is 9.80. The van der Waals surface area contributed by atoms with Crippen LogP contribution in [0.2, 0.25) is 0 Å². The van der Waals surface area contributed by atoms with E-state index in [1.165, 1.54) is 96.3 Å². The normalized spacial score (nSPS) is 23.0. The Morgan fingerprint density at radius 2 is 1.31 bits per heavy atom. The summed E-state index contributed by atoms with van der Waals surface area (Å²) in [5, 5.41) is 0. The van der Waals surface area contributed by atoms with Crippen LogP contribution in [0.4, 0.5) is 0 Å². The predicted molar refractivity (Wildman–Crippen MR) is 120 cm³/mol. The molecule has 0 saturated heterocycles. The van der Waals surface area contributed by atoms with E-state index in [0.717, 1.165) is 29.6 Å². The fraction of sp³-hybridized carbons (Fsp3) is 1.00. The Labute approximate surface area is 167 Å². The van der Waals surface area contributed by atoms with Gasteiger partial charge < -0.3 is 0 Å². The first-order chi connectivity index (χ1) is 12.6. The number of hydrogen-bond acceptors (Lipinski definition) is 0. The highest BCUT2D eigenvalue weighted by atomic mass is 14.5. The molecule has 5 atom stereocenters. The van der Waals surface area contributed by atoms with E-state index in [9.17, 15) is 0 Å². The van der Waals surface area contributed by atoms with E-state index in [-0.39, 0.29) is 0 Å². The van der Waals surface area contributed by atoms with Crippen molar-refractivity contribution < 1.29 is 0 Å². The van der Waals surface area contributed by atoms with Crippen LogP contribution in [-0.4, -0.2) is 0 Å². The van der Waals surface area contributed by atoms with Crippen LogP contribution in [0, 0.1) is 29.6 Å². The minimum absolute atomic E-state index is 0.945. The van der Waals surface area contributed by atoms with E-state index in [1.54, 1.807) is 6.42 Å². The van der Waals surface area contributed by atoms with Gasteiger partial charge in [-0.05, 0) is 42.4 Å². The van der Waals surface area contributed by atoms with Gasteiger partial charge in [0.1, 0.15) is 0 Å². The summed E-state index contributed by atoms with van der Waals surface area (Å²) in [5.41, 5.74) is 0. The van der Waals surface area contributed by atoms with Crippen molar-refractivity contribution in [1.82, 2.24) is 0 Å². The van der Waals surface area contributed by atoms with Gasteiger partial charge in [0.25, 0.3) is 0 Å².